The van der Waals surface area contributed by atoms with Gasteiger partial charge >= 0.3 is 0 Å². The van der Waals surface area contributed by atoms with Gasteiger partial charge in [-0.3, -0.25) is 4.68 Å². The molecule has 3 heteroatoms. The Morgan fingerprint density at radius 1 is 1.67 bits per heavy atom. The fourth-order valence-corrected chi connectivity index (χ4v) is 1.75. The molecular formula is C9H14N2O. The Balaban J connectivity index is 2.21. The first-order valence-electron chi connectivity index (χ1n) is 4.52. The highest BCUT2D eigenvalue weighted by Crippen LogP contribution is 2.36. The first-order valence-corrected chi connectivity index (χ1v) is 4.52. The summed E-state index contributed by atoms with van der Waals surface area (Å²) in [6.45, 7) is 2.97. The zero-order valence-corrected chi connectivity index (χ0v) is 7.27. The van der Waals surface area contributed by atoms with Crippen molar-refractivity contribution in [3.05, 3.63) is 18.0 Å². The molecule has 2 unspecified atom stereocenters. The average Bonchev–Trinajstić information content (AvgIpc) is 2.50. The Hall–Kier alpha value is -0.830. The summed E-state index contributed by atoms with van der Waals surface area (Å²) in [6, 6.07) is 2.01. The number of rotatable bonds is 2. The summed E-state index contributed by atoms with van der Waals surface area (Å²) >= 11 is 0. The summed E-state index contributed by atoms with van der Waals surface area (Å²) in [5.74, 6) is 0.340. The molecular weight excluding hydrogens is 152 g/mol. The summed E-state index contributed by atoms with van der Waals surface area (Å²) < 4.78 is 1.97. The molecule has 1 aromatic heterocycles. The van der Waals surface area contributed by atoms with Crippen LogP contribution in [0, 0.1) is 0 Å². The van der Waals surface area contributed by atoms with Gasteiger partial charge in [-0.15, -0.1) is 0 Å². The Bertz CT molecular complexity index is 269. The molecule has 12 heavy (non-hydrogen) atoms. The standard InChI is InChI=1S/C9H14N2O/c1-2-11-8(5-6-10-11)7-3-4-9(7)12/h5-7,9,12H,2-4H2,1H3. The Morgan fingerprint density at radius 3 is 3.00 bits per heavy atom. The molecule has 1 N–H and O–H groups in total. The Kier molecular flexibility index (Phi) is 1.89. The normalized spacial score (nSPS) is 28.5. The minimum Gasteiger partial charge on any atom is -0.392 e. The maximum Gasteiger partial charge on any atom is 0.0624 e. The van der Waals surface area contributed by atoms with Gasteiger partial charge in [-0.05, 0) is 25.8 Å². The van der Waals surface area contributed by atoms with Crippen molar-refractivity contribution < 1.29 is 5.11 Å². The van der Waals surface area contributed by atoms with Gasteiger partial charge in [0.1, 0.15) is 0 Å². The lowest BCUT2D eigenvalue weighted by atomic mass is 9.80. The second kappa shape index (κ2) is 2.90. The van der Waals surface area contributed by atoms with Crippen molar-refractivity contribution in [3.8, 4) is 0 Å². The fourth-order valence-electron chi connectivity index (χ4n) is 1.75. The van der Waals surface area contributed by atoms with E-state index in [-0.39, 0.29) is 6.10 Å². The van der Waals surface area contributed by atoms with Crippen molar-refractivity contribution in [2.75, 3.05) is 0 Å². The van der Waals surface area contributed by atoms with Crippen LogP contribution in [-0.2, 0) is 6.54 Å². The van der Waals surface area contributed by atoms with Crippen LogP contribution in [0.1, 0.15) is 31.4 Å². The van der Waals surface area contributed by atoms with E-state index in [2.05, 4.69) is 12.0 Å². The summed E-state index contributed by atoms with van der Waals surface area (Å²) in [5.41, 5.74) is 1.19. The molecule has 0 saturated heterocycles. The lowest BCUT2D eigenvalue weighted by Gasteiger charge is -2.32. The first kappa shape index (κ1) is 7.80. The van der Waals surface area contributed by atoms with Crippen molar-refractivity contribution in [2.45, 2.75) is 38.3 Å². The molecule has 0 spiro atoms. The fraction of sp³-hybridized carbons (Fsp3) is 0.667. The molecule has 2 atom stereocenters. The van der Waals surface area contributed by atoms with Crippen molar-refractivity contribution in [3.63, 3.8) is 0 Å². The van der Waals surface area contributed by atoms with E-state index in [1.165, 1.54) is 5.69 Å². The van der Waals surface area contributed by atoms with Crippen LogP contribution in [0.4, 0.5) is 0 Å². The van der Waals surface area contributed by atoms with Crippen molar-refractivity contribution in [1.82, 2.24) is 9.78 Å². The molecule has 66 valence electrons. The minimum atomic E-state index is -0.132. The largest absolute Gasteiger partial charge is 0.392 e. The van der Waals surface area contributed by atoms with E-state index in [4.69, 9.17) is 0 Å². The van der Waals surface area contributed by atoms with Crippen LogP contribution in [0.25, 0.3) is 0 Å². The molecule has 0 aromatic carbocycles. The summed E-state index contributed by atoms with van der Waals surface area (Å²) in [5, 5.41) is 13.6. The lowest BCUT2D eigenvalue weighted by Crippen LogP contribution is -2.30. The first-order chi connectivity index (χ1) is 5.83. The average molecular weight is 166 g/mol. The number of aliphatic hydroxyl groups excluding tert-OH is 1. The van der Waals surface area contributed by atoms with Gasteiger partial charge < -0.3 is 5.11 Å². The summed E-state index contributed by atoms with van der Waals surface area (Å²) in [4.78, 5) is 0. The van der Waals surface area contributed by atoms with E-state index in [1.54, 1.807) is 0 Å². The van der Waals surface area contributed by atoms with Crippen LogP contribution in [0.5, 0.6) is 0 Å². The second-order valence-corrected chi connectivity index (χ2v) is 3.32. The van der Waals surface area contributed by atoms with Crippen LogP contribution < -0.4 is 0 Å². The highest BCUT2D eigenvalue weighted by Gasteiger charge is 2.32. The van der Waals surface area contributed by atoms with Gasteiger partial charge in [0.25, 0.3) is 0 Å². The quantitative estimate of drug-likeness (QED) is 0.715. The molecule has 1 aliphatic carbocycles. The highest BCUT2D eigenvalue weighted by atomic mass is 16.3. The van der Waals surface area contributed by atoms with Gasteiger partial charge in [0.2, 0.25) is 0 Å². The van der Waals surface area contributed by atoms with Crippen molar-refractivity contribution in [1.29, 1.82) is 0 Å². The van der Waals surface area contributed by atoms with Crippen molar-refractivity contribution in [2.24, 2.45) is 0 Å². The van der Waals surface area contributed by atoms with E-state index < -0.39 is 0 Å². The van der Waals surface area contributed by atoms with Crippen LogP contribution in [0.2, 0.25) is 0 Å². The van der Waals surface area contributed by atoms with E-state index in [0.717, 1.165) is 19.4 Å². The molecule has 1 aliphatic rings. The van der Waals surface area contributed by atoms with Crippen LogP contribution in [-0.4, -0.2) is 21.0 Å². The number of hydrogen-bond acceptors (Lipinski definition) is 2. The van der Waals surface area contributed by atoms with Gasteiger partial charge in [-0.2, -0.15) is 5.10 Å². The number of nitrogens with zero attached hydrogens (tertiary/aromatic N) is 2. The van der Waals surface area contributed by atoms with E-state index in [0.29, 0.717) is 5.92 Å². The van der Waals surface area contributed by atoms with Gasteiger partial charge in [-0.25, -0.2) is 0 Å². The van der Waals surface area contributed by atoms with Gasteiger partial charge in [0.15, 0.2) is 0 Å². The Labute approximate surface area is 72.0 Å². The maximum atomic E-state index is 9.46. The molecule has 1 aromatic rings. The van der Waals surface area contributed by atoms with E-state index in [1.807, 2.05) is 16.9 Å². The van der Waals surface area contributed by atoms with Crippen molar-refractivity contribution >= 4 is 0 Å². The van der Waals surface area contributed by atoms with E-state index in [9.17, 15) is 5.11 Å². The van der Waals surface area contributed by atoms with Gasteiger partial charge in [0, 0.05) is 24.4 Å². The minimum absolute atomic E-state index is 0.132. The van der Waals surface area contributed by atoms with Crippen LogP contribution >= 0.6 is 0 Å². The van der Waals surface area contributed by atoms with E-state index >= 15 is 0 Å². The predicted octanol–water partition coefficient (Wildman–Crippen LogP) is 1.14. The number of hydrogen-bond donors (Lipinski definition) is 1. The Morgan fingerprint density at radius 2 is 2.50 bits per heavy atom. The zero-order valence-electron chi connectivity index (χ0n) is 7.27. The third-order valence-corrected chi connectivity index (χ3v) is 2.67. The lowest BCUT2D eigenvalue weighted by molar-refractivity contribution is 0.0620. The number of aromatic nitrogens is 2. The SMILES string of the molecule is CCn1nccc1C1CCC1O. The number of aryl methyl sites for hydroxylation is 1. The van der Waals surface area contributed by atoms with Gasteiger partial charge in [0.05, 0.1) is 6.10 Å². The zero-order chi connectivity index (χ0) is 8.55. The summed E-state index contributed by atoms with van der Waals surface area (Å²) in [6.07, 6.45) is 3.73. The monoisotopic (exact) mass is 166 g/mol. The van der Waals surface area contributed by atoms with Crippen LogP contribution in [0.15, 0.2) is 12.3 Å². The van der Waals surface area contributed by atoms with Gasteiger partial charge in [-0.1, -0.05) is 0 Å². The highest BCUT2D eigenvalue weighted by molar-refractivity contribution is 5.13. The molecule has 0 bridgehead atoms. The molecule has 1 fully saturated rings. The molecule has 3 nitrogen and oxygen atoms in total. The van der Waals surface area contributed by atoms with Crippen LogP contribution in [0.3, 0.4) is 0 Å². The third kappa shape index (κ3) is 1.05. The predicted molar refractivity (Wildman–Crippen MR) is 45.9 cm³/mol. The molecule has 2 rings (SSSR count). The molecule has 1 heterocycles. The summed E-state index contributed by atoms with van der Waals surface area (Å²) in [7, 11) is 0. The molecule has 1 saturated carbocycles. The number of aliphatic hydroxyl groups is 1. The second-order valence-electron chi connectivity index (χ2n) is 3.32. The molecule has 0 aliphatic heterocycles. The third-order valence-electron chi connectivity index (χ3n) is 2.67. The molecule has 0 amide bonds. The molecule has 0 radical (unpaired) electrons. The maximum absolute atomic E-state index is 9.46. The topological polar surface area (TPSA) is 38.0 Å². The smallest absolute Gasteiger partial charge is 0.0624 e.